The first kappa shape index (κ1) is 21.1. The molecule has 2 aromatic heterocycles. The van der Waals surface area contributed by atoms with Crippen LogP contribution in [-0.4, -0.2) is 34.0 Å². The van der Waals surface area contributed by atoms with Gasteiger partial charge in [-0.05, 0) is 65.9 Å². The van der Waals surface area contributed by atoms with Crippen LogP contribution in [0.25, 0.3) is 22.8 Å². The van der Waals surface area contributed by atoms with Crippen LogP contribution in [0.2, 0.25) is 0 Å². The molecule has 162 valence electrons. The van der Waals surface area contributed by atoms with Gasteiger partial charge in [-0.2, -0.15) is 18.3 Å². The van der Waals surface area contributed by atoms with E-state index in [2.05, 4.69) is 10.1 Å². The molecule has 8 heteroatoms. The summed E-state index contributed by atoms with van der Waals surface area (Å²) in [6.07, 6.45) is 1.66. The van der Waals surface area contributed by atoms with Gasteiger partial charge < -0.3 is 10.0 Å². The van der Waals surface area contributed by atoms with E-state index in [-0.39, 0.29) is 11.6 Å². The highest BCUT2D eigenvalue weighted by Gasteiger charge is 2.33. The molecule has 1 aliphatic rings. The van der Waals surface area contributed by atoms with E-state index in [1.807, 2.05) is 55.0 Å². The highest BCUT2D eigenvalue weighted by Crippen LogP contribution is 2.39. The summed E-state index contributed by atoms with van der Waals surface area (Å²) < 4.78 is 41.6. The molecule has 0 saturated heterocycles. The Balaban J connectivity index is 1.79. The summed E-state index contributed by atoms with van der Waals surface area (Å²) in [6.45, 7) is 1.36. The molecule has 31 heavy (non-hydrogen) atoms. The Morgan fingerprint density at radius 1 is 1.16 bits per heavy atom. The Hall–Kier alpha value is -3.13. The number of aromatic nitrogens is 3. The van der Waals surface area contributed by atoms with Crippen molar-refractivity contribution in [2.24, 2.45) is 0 Å². The van der Waals surface area contributed by atoms with E-state index >= 15 is 0 Å². The molecule has 3 aromatic rings. The molecule has 0 spiro atoms. The number of allylic oxidation sites excluding steroid dienone is 1. The second-order valence-corrected chi connectivity index (χ2v) is 7.94. The van der Waals surface area contributed by atoms with Crippen molar-refractivity contribution in [1.29, 1.82) is 0 Å². The number of rotatable bonds is 4. The van der Waals surface area contributed by atoms with Gasteiger partial charge in [-0.15, -0.1) is 0 Å². The maximum Gasteiger partial charge on any atom is 0.416 e. The lowest BCUT2D eigenvalue weighted by Gasteiger charge is -2.24. The summed E-state index contributed by atoms with van der Waals surface area (Å²) in [5.74, 6) is 0.820. The maximum atomic E-state index is 13.2. The molecular weight excluding hydrogens is 405 g/mol. The summed E-state index contributed by atoms with van der Waals surface area (Å²) in [7, 11) is 3.84. The number of pyridine rings is 1. The minimum atomic E-state index is -4.50. The molecule has 0 radical (unpaired) electrons. The molecule has 0 saturated carbocycles. The number of anilines is 1. The van der Waals surface area contributed by atoms with Crippen LogP contribution >= 0.6 is 0 Å². The highest BCUT2D eigenvalue weighted by atomic mass is 19.4. The van der Waals surface area contributed by atoms with Crippen molar-refractivity contribution in [2.75, 3.05) is 19.0 Å². The third kappa shape index (κ3) is 3.95. The second-order valence-electron chi connectivity index (χ2n) is 7.94. The SMILES string of the molecule is C[C@H]1CC(c2ccc(C(F)(F)F)c(CO)c2)=Cc2c(-c3ccnc(N(C)C)c3)cnn21. The molecule has 5 nitrogen and oxygen atoms in total. The fraction of sp³-hybridized carbons (Fsp3) is 0.304. The van der Waals surface area contributed by atoms with Crippen molar-refractivity contribution in [2.45, 2.75) is 32.2 Å². The molecule has 0 unspecified atom stereocenters. The first-order valence-electron chi connectivity index (χ1n) is 9.92. The Morgan fingerprint density at radius 3 is 2.61 bits per heavy atom. The minimum Gasteiger partial charge on any atom is -0.392 e. The number of benzene rings is 1. The summed E-state index contributed by atoms with van der Waals surface area (Å²) >= 11 is 0. The molecule has 4 rings (SSSR count). The predicted octanol–water partition coefficient (Wildman–Crippen LogP) is 5.03. The van der Waals surface area contributed by atoms with E-state index < -0.39 is 18.3 Å². The normalized spacial score (nSPS) is 16.1. The van der Waals surface area contributed by atoms with Gasteiger partial charge in [-0.25, -0.2) is 4.98 Å². The fourth-order valence-corrected chi connectivity index (χ4v) is 3.95. The van der Waals surface area contributed by atoms with Crippen LogP contribution in [0.15, 0.2) is 42.7 Å². The number of nitrogens with zero attached hydrogens (tertiary/aromatic N) is 4. The van der Waals surface area contributed by atoms with Gasteiger partial charge in [0.05, 0.1) is 30.1 Å². The molecule has 0 fully saturated rings. The van der Waals surface area contributed by atoms with Crippen molar-refractivity contribution >= 4 is 17.5 Å². The van der Waals surface area contributed by atoms with Gasteiger partial charge in [0.15, 0.2) is 0 Å². The van der Waals surface area contributed by atoms with Gasteiger partial charge in [0.25, 0.3) is 0 Å². The summed E-state index contributed by atoms with van der Waals surface area (Å²) in [5, 5.41) is 14.0. The Kier molecular flexibility index (Phi) is 5.35. The first-order valence-corrected chi connectivity index (χ1v) is 9.92. The summed E-state index contributed by atoms with van der Waals surface area (Å²) in [6, 6.07) is 7.89. The average molecular weight is 428 g/mol. The topological polar surface area (TPSA) is 54.2 Å². The van der Waals surface area contributed by atoms with Gasteiger partial charge in [0.1, 0.15) is 5.82 Å². The Bertz CT molecular complexity index is 1150. The monoisotopic (exact) mass is 428 g/mol. The van der Waals surface area contributed by atoms with Crippen molar-refractivity contribution in [3.63, 3.8) is 0 Å². The number of hydrogen-bond acceptors (Lipinski definition) is 4. The molecule has 3 heterocycles. The van der Waals surface area contributed by atoms with Crippen LogP contribution in [0.1, 0.15) is 41.8 Å². The zero-order chi connectivity index (χ0) is 22.3. The zero-order valence-electron chi connectivity index (χ0n) is 17.5. The van der Waals surface area contributed by atoms with E-state index in [0.29, 0.717) is 12.0 Å². The van der Waals surface area contributed by atoms with Gasteiger partial charge in [-0.1, -0.05) is 6.07 Å². The smallest absolute Gasteiger partial charge is 0.392 e. The quantitative estimate of drug-likeness (QED) is 0.634. The molecule has 0 amide bonds. The molecule has 0 bridgehead atoms. The third-order valence-electron chi connectivity index (χ3n) is 5.54. The van der Waals surface area contributed by atoms with Crippen LogP contribution in [0.3, 0.4) is 0 Å². The fourth-order valence-electron chi connectivity index (χ4n) is 3.95. The Morgan fingerprint density at radius 2 is 1.94 bits per heavy atom. The third-order valence-corrected chi connectivity index (χ3v) is 5.54. The minimum absolute atomic E-state index is 0.0405. The number of alkyl halides is 3. The Labute approximate surface area is 178 Å². The summed E-state index contributed by atoms with van der Waals surface area (Å²) in [5.41, 5.74) is 3.45. The van der Waals surface area contributed by atoms with Crippen molar-refractivity contribution in [1.82, 2.24) is 14.8 Å². The predicted molar refractivity (Wildman–Crippen MR) is 114 cm³/mol. The largest absolute Gasteiger partial charge is 0.416 e. The van der Waals surface area contributed by atoms with Crippen LogP contribution < -0.4 is 4.90 Å². The van der Waals surface area contributed by atoms with Crippen LogP contribution in [0.4, 0.5) is 19.0 Å². The van der Waals surface area contributed by atoms with Gasteiger partial charge in [0.2, 0.25) is 0 Å². The van der Waals surface area contributed by atoms with Gasteiger partial charge in [0, 0.05) is 25.9 Å². The molecular formula is C23H23F3N4O. The number of halogens is 3. The van der Waals surface area contributed by atoms with E-state index in [1.165, 1.54) is 12.1 Å². The second kappa shape index (κ2) is 7.85. The number of aliphatic hydroxyl groups excluding tert-OH is 1. The number of aliphatic hydroxyl groups is 1. The lowest BCUT2D eigenvalue weighted by atomic mass is 9.91. The number of fused-ring (bicyclic) bond motifs is 1. The number of hydrogen-bond donors (Lipinski definition) is 1. The van der Waals surface area contributed by atoms with E-state index in [0.717, 1.165) is 34.3 Å². The summed E-state index contributed by atoms with van der Waals surface area (Å²) in [4.78, 5) is 6.27. The zero-order valence-corrected chi connectivity index (χ0v) is 17.5. The lowest BCUT2D eigenvalue weighted by Crippen LogP contribution is -2.14. The molecule has 1 atom stereocenters. The molecule has 1 N–H and O–H groups in total. The average Bonchev–Trinajstić information content (AvgIpc) is 3.17. The maximum absolute atomic E-state index is 13.2. The van der Waals surface area contributed by atoms with Gasteiger partial charge in [-0.3, -0.25) is 4.68 Å². The van der Waals surface area contributed by atoms with Crippen molar-refractivity contribution < 1.29 is 18.3 Å². The van der Waals surface area contributed by atoms with Crippen LogP contribution in [0, 0.1) is 0 Å². The van der Waals surface area contributed by atoms with Crippen molar-refractivity contribution in [3.8, 4) is 11.1 Å². The standard InChI is InChI=1S/C23H23F3N4O/c1-14-8-17(15-4-5-20(23(24,25)26)18(9-15)13-31)10-21-19(12-28-30(14)21)16-6-7-27-22(11-16)29(2)3/h4-7,9-12,14,31H,8,13H2,1-3H3/t14-/m0/s1. The first-order chi connectivity index (χ1) is 14.7. The molecule has 0 aliphatic carbocycles. The van der Waals surface area contributed by atoms with Crippen LogP contribution in [0.5, 0.6) is 0 Å². The van der Waals surface area contributed by atoms with Crippen LogP contribution in [-0.2, 0) is 12.8 Å². The van der Waals surface area contributed by atoms with E-state index in [1.54, 1.807) is 6.20 Å². The van der Waals surface area contributed by atoms with Crippen molar-refractivity contribution in [3.05, 3.63) is 65.1 Å². The van der Waals surface area contributed by atoms with E-state index in [9.17, 15) is 18.3 Å². The molecule has 1 aliphatic heterocycles. The lowest BCUT2D eigenvalue weighted by molar-refractivity contribution is -0.138. The van der Waals surface area contributed by atoms with E-state index in [4.69, 9.17) is 0 Å². The highest BCUT2D eigenvalue weighted by molar-refractivity contribution is 5.87. The van der Waals surface area contributed by atoms with Gasteiger partial charge >= 0.3 is 6.18 Å². The molecule has 1 aromatic carbocycles.